The van der Waals surface area contributed by atoms with E-state index in [2.05, 4.69) is 46.5 Å². The third-order valence-corrected chi connectivity index (χ3v) is 5.05. The first-order chi connectivity index (χ1) is 11.7. The molecule has 2 heterocycles. The lowest BCUT2D eigenvalue weighted by molar-refractivity contribution is 0.00578. The summed E-state index contributed by atoms with van der Waals surface area (Å²) in [7, 11) is -0.359. The molecule has 0 saturated carbocycles. The quantitative estimate of drug-likeness (QED) is 0.779. The summed E-state index contributed by atoms with van der Waals surface area (Å²) >= 11 is 0. The van der Waals surface area contributed by atoms with Gasteiger partial charge >= 0.3 is 7.12 Å². The summed E-state index contributed by atoms with van der Waals surface area (Å²) in [6, 6.07) is 11.7. The summed E-state index contributed by atoms with van der Waals surface area (Å²) in [5.41, 5.74) is 1.50. The molecule has 0 N–H and O–H groups in total. The van der Waals surface area contributed by atoms with Crippen LogP contribution in [0.5, 0.6) is 11.6 Å². The summed E-state index contributed by atoms with van der Waals surface area (Å²) < 4.78 is 18.0. The minimum Gasteiger partial charge on any atom is -0.439 e. The van der Waals surface area contributed by atoms with Gasteiger partial charge in [-0.05, 0) is 56.8 Å². The Morgan fingerprint density at radius 1 is 0.920 bits per heavy atom. The highest BCUT2D eigenvalue weighted by Gasteiger charge is 2.51. The van der Waals surface area contributed by atoms with Crippen molar-refractivity contribution in [3.8, 4) is 11.6 Å². The minimum absolute atomic E-state index is 0.338. The first-order valence-electron chi connectivity index (χ1n) is 8.77. The molecular formula is C20H26BNO3. The van der Waals surface area contributed by atoms with Crippen molar-refractivity contribution in [1.29, 1.82) is 0 Å². The fraction of sp³-hybridized carbons (Fsp3) is 0.450. The van der Waals surface area contributed by atoms with E-state index in [-0.39, 0.29) is 18.3 Å². The van der Waals surface area contributed by atoms with Gasteiger partial charge in [0.25, 0.3) is 0 Å². The van der Waals surface area contributed by atoms with Crippen LogP contribution in [-0.2, 0) is 9.31 Å². The van der Waals surface area contributed by atoms with Crippen LogP contribution in [0.1, 0.15) is 53.0 Å². The van der Waals surface area contributed by atoms with Crippen molar-refractivity contribution in [2.75, 3.05) is 0 Å². The summed E-state index contributed by atoms with van der Waals surface area (Å²) in [6.45, 7) is 12.5. The Balaban J connectivity index is 1.69. The van der Waals surface area contributed by atoms with Crippen LogP contribution in [0.25, 0.3) is 0 Å². The highest BCUT2D eigenvalue weighted by atomic mass is 16.7. The largest absolute Gasteiger partial charge is 0.494 e. The van der Waals surface area contributed by atoms with Gasteiger partial charge in [-0.2, -0.15) is 0 Å². The fourth-order valence-electron chi connectivity index (χ4n) is 2.59. The Morgan fingerprint density at radius 3 is 2.00 bits per heavy atom. The number of hydrogen-bond donors (Lipinski definition) is 0. The van der Waals surface area contributed by atoms with Gasteiger partial charge < -0.3 is 14.0 Å². The molecule has 1 aliphatic rings. The zero-order chi connectivity index (χ0) is 18.2. The molecule has 0 unspecified atom stereocenters. The Labute approximate surface area is 150 Å². The van der Waals surface area contributed by atoms with Gasteiger partial charge in [0, 0.05) is 12.3 Å². The zero-order valence-electron chi connectivity index (χ0n) is 15.9. The van der Waals surface area contributed by atoms with Crippen LogP contribution < -0.4 is 10.2 Å². The lowest BCUT2D eigenvalue weighted by Gasteiger charge is -2.32. The molecule has 1 fully saturated rings. The minimum atomic E-state index is -0.359. The molecule has 0 atom stereocenters. The van der Waals surface area contributed by atoms with Crippen molar-refractivity contribution in [3.05, 3.63) is 48.2 Å². The van der Waals surface area contributed by atoms with E-state index >= 15 is 0 Å². The maximum atomic E-state index is 6.07. The number of hydrogen-bond acceptors (Lipinski definition) is 4. The topological polar surface area (TPSA) is 40.6 Å². The molecule has 1 aromatic carbocycles. The van der Waals surface area contributed by atoms with E-state index in [0.29, 0.717) is 11.8 Å². The van der Waals surface area contributed by atoms with Crippen LogP contribution in [0, 0.1) is 0 Å². The van der Waals surface area contributed by atoms with Crippen molar-refractivity contribution in [3.63, 3.8) is 0 Å². The van der Waals surface area contributed by atoms with E-state index < -0.39 is 0 Å². The van der Waals surface area contributed by atoms with E-state index in [1.807, 2.05) is 42.6 Å². The van der Waals surface area contributed by atoms with Crippen LogP contribution >= 0.6 is 0 Å². The highest BCUT2D eigenvalue weighted by molar-refractivity contribution is 6.62. The fourth-order valence-corrected chi connectivity index (χ4v) is 2.59. The number of rotatable bonds is 4. The molecule has 1 aliphatic heterocycles. The van der Waals surface area contributed by atoms with Crippen molar-refractivity contribution < 1.29 is 14.0 Å². The Bertz CT molecular complexity index is 708. The predicted molar refractivity (Wildman–Crippen MR) is 101 cm³/mol. The molecule has 25 heavy (non-hydrogen) atoms. The van der Waals surface area contributed by atoms with Gasteiger partial charge in [0.15, 0.2) is 0 Å². The first kappa shape index (κ1) is 18.0. The first-order valence-corrected chi connectivity index (χ1v) is 8.77. The molecule has 0 aliphatic carbocycles. The molecule has 0 amide bonds. The second-order valence-corrected chi connectivity index (χ2v) is 7.84. The Morgan fingerprint density at radius 2 is 1.52 bits per heavy atom. The molecule has 1 aromatic heterocycles. The molecule has 0 spiro atoms. The second kappa shape index (κ2) is 6.47. The summed E-state index contributed by atoms with van der Waals surface area (Å²) in [5, 5.41) is 0. The van der Waals surface area contributed by atoms with Gasteiger partial charge in [0.1, 0.15) is 5.75 Å². The lowest BCUT2D eigenvalue weighted by Crippen LogP contribution is -2.41. The maximum absolute atomic E-state index is 6.07. The molecule has 5 heteroatoms. The number of ether oxygens (including phenoxy) is 1. The van der Waals surface area contributed by atoms with Crippen LogP contribution in [-0.4, -0.2) is 23.3 Å². The molecule has 0 bridgehead atoms. The lowest BCUT2D eigenvalue weighted by atomic mass is 9.79. The maximum Gasteiger partial charge on any atom is 0.494 e. The monoisotopic (exact) mass is 339 g/mol. The Kier molecular flexibility index (Phi) is 4.65. The van der Waals surface area contributed by atoms with Gasteiger partial charge in [-0.15, -0.1) is 0 Å². The zero-order valence-corrected chi connectivity index (χ0v) is 15.9. The average molecular weight is 339 g/mol. The van der Waals surface area contributed by atoms with Crippen LogP contribution in [0.15, 0.2) is 42.6 Å². The smallest absolute Gasteiger partial charge is 0.439 e. The van der Waals surface area contributed by atoms with E-state index in [0.717, 1.165) is 11.2 Å². The molecule has 2 aromatic rings. The molecule has 3 rings (SSSR count). The van der Waals surface area contributed by atoms with Crippen molar-refractivity contribution in [2.45, 2.75) is 58.7 Å². The van der Waals surface area contributed by atoms with Gasteiger partial charge in [-0.3, -0.25) is 0 Å². The predicted octanol–water partition coefficient (Wildman–Crippen LogP) is 4.30. The average Bonchev–Trinajstić information content (AvgIpc) is 2.76. The normalized spacial score (nSPS) is 18.6. The van der Waals surface area contributed by atoms with E-state index in [9.17, 15) is 0 Å². The van der Waals surface area contributed by atoms with Crippen LogP contribution in [0.4, 0.5) is 0 Å². The van der Waals surface area contributed by atoms with Crippen LogP contribution in [0.3, 0.4) is 0 Å². The summed E-state index contributed by atoms with van der Waals surface area (Å²) in [5.74, 6) is 1.79. The summed E-state index contributed by atoms with van der Waals surface area (Å²) in [4.78, 5) is 4.36. The number of aromatic nitrogens is 1. The van der Waals surface area contributed by atoms with Crippen molar-refractivity contribution in [1.82, 2.24) is 4.98 Å². The van der Waals surface area contributed by atoms with E-state index in [1.165, 1.54) is 5.56 Å². The third kappa shape index (κ3) is 3.72. The number of benzene rings is 1. The molecule has 4 nitrogen and oxygen atoms in total. The molecule has 1 saturated heterocycles. The molecule has 0 radical (unpaired) electrons. The number of nitrogens with zero attached hydrogens (tertiary/aromatic N) is 1. The summed E-state index contributed by atoms with van der Waals surface area (Å²) in [6.07, 6.45) is 1.86. The Hall–Kier alpha value is -1.85. The van der Waals surface area contributed by atoms with Gasteiger partial charge in [-0.1, -0.05) is 32.0 Å². The molecule has 132 valence electrons. The number of pyridine rings is 1. The van der Waals surface area contributed by atoms with Crippen LogP contribution in [0.2, 0.25) is 0 Å². The van der Waals surface area contributed by atoms with Crippen molar-refractivity contribution in [2.24, 2.45) is 0 Å². The third-order valence-electron chi connectivity index (χ3n) is 5.05. The van der Waals surface area contributed by atoms with Gasteiger partial charge in [0.2, 0.25) is 5.88 Å². The van der Waals surface area contributed by atoms with E-state index in [1.54, 1.807) is 0 Å². The van der Waals surface area contributed by atoms with E-state index in [4.69, 9.17) is 14.0 Å². The van der Waals surface area contributed by atoms with Crippen molar-refractivity contribution >= 4 is 12.6 Å². The SMILES string of the molecule is CC(C)c1ccc(Oc2ccc(B3OC(C)(C)C(C)(C)O3)cc2)nc1. The van der Waals surface area contributed by atoms with Gasteiger partial charge in [0.05, 0.1) is 11.2 Å². The van der Waals surface area contributed by atoms with Gasteiger partial charge in [-0.25, -0.2) is 4.98 Å². The standard InChI is InChI=1S/C20H26BNO3/c1-14(2)15-7-12-18(22-13-15)23-17-10-8-16(9-11-17)21-24-19(3,4)20(5,6)25-21/h7-14H,1-6H3. The second-order valence-electron chi connectivity index (χ2n) is 7.84. The highest BCUT2D eigenvalue weighted by Crippen LogP contribution is 2.36. The molecular weight excluding hydrogens is 313 g/mol.